The number of urea groups is 1. The molecule has 0 spiro atoms. The summed E-state index contributed by atoms with van der Waals surface area (Å²) in [5.74, 6) is 0. The SMILES string of the molecule is O=C1OCCN1c1cccc(NC(=O)N2CCc3sccc3C2c2cccs2)c1. The molecule has 1 aromatic carbocycles. The monoisotopic (exact) mass is 425 g/mol. The summed E-state index contributed by atoms with van der Waals surface area (Å²) >= 11 is 3.43. The second-order valence-corrected chi connectivity index (χ2v) is 8.89. The highest BCUT2D eigenvalue weighted by Crippen LogP contribution is 2.39. The third-order valence-electron chi connectivity index (χ3n) is 5.21. The fraction of sp³-hybridized carbons (Fsp3) is 0.238. The number of nitrogens with one attached hydrogen (secondary N) is 1. The molecular formula is C21H19N3O3S2. The first-order chi connectivity index (χ1) is 14.2. The number of anilines is 2. The Morgan fingerprint density at radius 1 is 1.10 bits per heavy atom. The maximum atomic E-state index is 13.2. The molecule has 2 aliphatic heterocycles. The van der Waals surface area contributed by atoms with Crippen LogP contribution in [0.15, 0.2) is 53.2 Å². The van der Waals surface area contributed by atoms with Gasteiger partial charge in [-0.25, -0.2) is 9.59 Å². The number of hydrogen-bond acceptors (Lipinski definition) is 5. The molecule has 8 heteroatoms. The molecule has 0 bridgehead atoms. The molecule has 0 radical (unpaired) electrons. The van der Waals surface area contributed by atoms with E-state index >= 15 is 0 Å². The van der Waals surface area contributed by atoms with E-state index in [0.29, 0.717) is 25.4 Å². The highest BCUT2D eigenvalue weighted by molar-refractivity contribution is 7.10. The van der Waals surface area contributed by atoms with Gasteiger partial charge in [-0.15, -0.1) is 22.7 Å². The smallest absolute Gasteiger partial charge is 0.414 e. The fourth-order valence-electron chi connectivity index (χ4n) is 3.86. The molecule has 1 N–H and O–H groups in total. The third kappa shape index (κ3) is 3.38. The van der Waals surface area contributed by atoms with E-state index in [1.807, 2.05) is 40.6 Å². The van der Waals surface area contributed by atoms with Crippen LogP contribution < -0.4 is 10.2 Å². The number of amides is 3. The molecule has 3 amide bonds. The number of benzene rings is 1. The number of nitrogens with zero attached hydrogens (tertiary/aromatic N) is 2. The molecule has 1 saturated heterocycles. The van der Waals surface area contributed by atoms with Crippen molar-refractivity contribution in [2.24, 2.45) is 0 Å². The van der Waals surface area contributed by atoms with Crippen molar-refractivity contribution in [1.29, 1.82) is 0 Å². The molecule has 3 aromatic rings. The first-order valence-electron chi connectivity index (χ1n) is 9.42. The second-order valence-electron chi connectivity index (χ2n) is 6.91. The van der Waals surface area contributed by atoms with Crippen molar-refractivity contribution >= 4 is 46.2 Å². The molecule has 6 nitrogen and oxygen atoms in total. The first kappa shape index (κ1) is 18.2. The second kappa shape index (κ2) is 7.53. The van der Waals surface area contributed by atoms with Crippen molar-refractivity contribution in [2.75, 3.05) is 29.9 Å². The van der Waals surface area contributed by atoms with E-state index in [1.165, 1.54) is 10.4 Å². The number of ether oxygens (including phenoxy) is 1. The lowest BCUT2D eigenvalue weighted by atomic mass is 9.99. The Balaban J connectivity index is 1.40. The van der Waals surface area contributed by atoms with Gasteiger partial charge in [-0.2, -0.15) is 0 Å². The van der Waals surface area contributed by atoms with Gasteiger partial charge in [0.15, 0.2) is 0 Å². The van der Waals surface area contributed by atoms with Crippen LogP contribution in [0.25, 0.3) is 0 Å². The Labute approximate surface area is 176 Å². The van der Waals surface area contributed by atoms with Gasteiger partial charge in [0.1, 0.15) is 6.61 Å². The lowest BCUT2D eigenvalue weighted by molar-refractivity contribution is 0.181. The maximum Gasteiger partial charge on any atom is 0.414 e. The molecule has 2 aliphatic rings. The summed E-state index contributed by atoms with van der Waals surface area (Å²) in [4.78, 5) is 31.0. The van der Waals surface area contributed by atoms with Gasteiger partial charge < -0.3 is 15.0 Å². The van der Waals surface area contributed by atoms with Crippen molar-refractivity contribution in [1.82, 2.24) is 4.90 Å². The van der Waals surface area contributed by atoms with E-state index in [0.717, 1.165) is 17.0 Å². The molecule has 0 aliphatic carbocycles. The van der Waals surface area contributed by atoms with Gasteiger partial charge in [0, 0.05) is 27.7 Å². The van der Waals surface area contributed by atoms with Gasteiger partial charge in [-0.3, -0.25) is 4.90 Å². The molecule has 5 rings (SSSR count). The Bertz CT molecular complexity index is 1050. The number of rotatable bonds is 3. The van der Waals surface area contributed by atoms with Crippen molar-refractivity contribution in [3.63, 3.8) is 0 Å². The van der Waals surface area contributed by atoms with Gasteiger partial charge >= 0.3 is 12.1 Å². The van der Waals surface area contributed by atoms with Crippen LogP contribution in [0.4, 0.5) is 21.0 Å². The molecular weight excluding hydrogens is 406 g/mol. The van der Waals surface area contributed by atoms with Crippen LogP contribution in [-0.4, -0.2) is 36.7 Å². The van der Waals surface area contributed by atoms with Gasteiger partial charge in [0.2, 0.25) is 0 Å². The topological polar surface area (TPSA) is 61.9 Å². The first-order valence-corrected chi connectivity index (χ1v) is 11.2. The van der Waals surface area contributed by atoms with Crippen LogP contribution in [0.2, 0.25) is 0 Å². The van der Waals surface area contributed by atoms with Crippen LogP contribution in [0.1, 0.15) is 21.4 Å². The van der Waals surface area contributed by atoms with Crippen LogP contribution in [0.3, 0.4) is 0 Å². The van der Waals surface area contributed by atoms with Gasteiger partial charge in [0.25, 0.3) is 0 Å². The van der Waals surface area contributed by atoms with E-state index < -0.39 is 0 Å². The molecule has 1 fully saturated rings. The lowest BCUT2D eigenvalue weighted by Gasteiger charge is -2.35. The van der Waals surface area contributed by atoms with Crippen LogP contribution >= 0.6 is 22.7 Å². The Kier molecular flexibility index (Phi) is 4.73. The number of carbonyl (C=O) groups is 2. The molecule has 4 heterocycles. The van der Waals surface area contributed by atoms with E-state index in [9.17, 15) is 9.59 Å². The summed E-state index contributed by atoms with van der Waals surface area (Å²) in [6.45, 7) is 1.57. The lowest BCUT2D eigenvalue weighted by Crippen LogP contribution is -2.42. The molecule has 148 valence electrons. The zero-order valence-corrected chi connectivity index (χ0v) is 17.2. The Morgan fingerprint density at radius 3 is 2.83 bits per heavy atom. The highest BCUT2D eigenvalue weighted by Gasteiger charge is 2.33. The van der Waals surface area contributed by atoms with Crippen LogP contribution in [-0.2, 0) is 11.2 Å². The minimum atomic E-state index is -0.354. The van der Waals surface area contributed by atoms with Crippen molar-refractivity contribution < 1.29 is 14.3 Å². The van der Waals surface area contributed by atoms with Gasteiger partial charge in [0.05, 0.1) is 12.6 Å². The quantitative estimate of drug-likeness (QED) is 0.646. The third-order valence-corrected chi connectivity index (χ3v) is 7.13. The number of fused-ring (bicyclic) bond motifs is 1. The summed E-state index contributed by atoms with van der Waals surface area (Å²) in [6.07, 6.45) is 0.509. The predicted octanol–water partition coefficient (Wildman–Crippen LogP) is 4.95. The van der Waals surface area contributed by atoms with Crippen LogP contribution in [0, 0.1) is 0 Å². The Hall–Kier alpha value is -2.84. The standard InChI is InChI=1S/C21H19N3O3S2/c25-20(22-14-3-1-4-15(13-14)23-9-10-27-21(23)26)24-8-6-17-16(7-12-29-17)19(24)18-5-2-11-28-18/h1-5,7,11-13,19H,6,8-10H2,(H,22,25). The van der Waals surface area contributed by atoms with E-state index in [4.69, 9.17) is 4.74 Å². The zero-order valence-electron chi connectivity index (χ0n) is 15.5. The Morgan fingerprint density at radius 2 is 2.03 bits per heavy atom. The molecule has 29 heavy (non-hydrogen) atoms. The van der Waals surface area contributed by atoms with E-state index in [2.05, 4.69) is 22.8 Å². The average molecular weight is 426 g/mol. The molecule has 1 atom stereocenters. The van der Waals surface area contributed by atoms with Crippen molar-refractivity contribution in [2.45, 2.75) is 12.5 Å². The summed E-state index contributed by atoms with van der Waals surface area (Å²) in [5, 5.41) is 7.17. The molecule has 2 aromatic heterocycles. The number of thiophene rings is 2. The number of cyclic esters (lactones) is 1. The fourth-order valence-corrected chi connectivity index (χ4v) is 5.62. The van der Waals surface area contributed by atoms with E-state index in [-0.39, 0.29) is 18.2 Å². The predicted molar refractivity (Wildman–Crippen MR) is 115 cm³/mol. The van der Waals surface area contributed by atoms with E-state index in [1.54, 1.807) is 27.6 Å². The summed E-state index contributed by atoms with van der Waals surface area (Å²) in [5.41, 5.74) is 2.60. The average Bonchev–Trinajstić information content (AvgIpc) is 3.48. The minimum absolute atomic E-state index is 0.0678. The molecule has 1 unspecified atom stereocenters. The normalized spacial score (nSPS) is 18.5. The number of carbonyl (C=O) groups excluding carboxylic acids is 2. The van der Waals surface area contributed by atoms with Gasteiger partial charge in [-0.05, 0) is 53.1 Å². The minimum Gasteiger partial charge on any atom is -0.447 e. The molecule has 0 saturated carbocycles. The highest BCUT2D eigenvalue weighted by atomic mass is 32.1. The maximum absolute atomic E-state index is 13.2. The van der Waals surface area contributed by atoms with Crippen molar-refractivity contribution in [3.8, 4) is 0 Å². The summed E-state index contributed by atoms with van der Waals surface area (Å²) < 4.78 is 5.01. The van der Waals surface area contributed by atoms with Crippen molar-refractivity contribution in [3.05, 3.63) is 68.5 Å². The zero-order chi connectivity index (χ0) is 19.8. The number of hydrogen-bond donors (Lipinski definition) is 1. The largest absolute Gasteiger partial charge is 0.447 e. The van der Waals surface area contributed by atoms with Gasteiger partial charge in [-0.1, -0.05) is 12.1 Å². The van der Waals surface area contributed by atoms with Crippen LogP contribution in [0.5, 0.6) is 0 Å². The summed E-state index contributed by atoms with van der Waals surface area (Å²) in [6, 6.07) is 13.4. The summed E-state index contributed by atoms with van der Waals surface area (Å²) in [7, 11) is 0.